The molecule has 1 aliphatic carbocycles. The third kappa shape index (κ3) is 3.46. The minimum atomic E-state index is 0.0695. The largest absolute Gasteiger partial charge is 0.398 e. The molecule has 0 saturated heterocycles. The third-order valence-electron chi connectivity index (χ3n) is 5.91. The summed E-state index contributed by atoms with van der Waals surface area (Å²) >= 11 is 0. The lowest BCUT2D eigenvalue weighted by atomic mass is 9.80. The monoisotopic (exact) mass is 312 g/mol. The fourth-order valence-electron chi connectivity index (χ4n) is 4.56. The highest BCUT2D eigenvalue weighted by Gasteiger charge is 2.27. The van der Waals surface area contributed by atoms with E-state index < -0.39 is 0 Å². The first kappa shape index (κ1) is 16.5. The number of benzene rings is 1. The molecule has 2 aliphatic rings. The smallest absolute Gasteiger partial charge is 0.0586 e. The molecule has 1 aromatic carbocycles. The van der Waals surface area contributed by atoms with E-state index in [0.29, 0.717) is 0 Å². The first-order valence-electron chi connectivity index (χ1n) is 9.51. The Morgan fingerprint density at radius 2 is 1.96 bits per heavy atom. The molecule has 2 heteroatoms. The predicted octanol–water partition coefficient (Wildman–Crippen LogP) is 5.63. The fourth-order valence-corrected chi connectivity index (χ4v) is 4.56. The Labute approximate surface area is 141 Å². The van der Waals surface area contributed by atoms with E-state index in [0.717, 1.165) is 36.6 Å². The van der Waals surface area contributed by atoms with Crippen LogP contribution in [0.1, 0.15) is 94.7 Å². The van der Waals surface area contributed by atoms with Crippen LogP contribution < -0.4 is 5.73 Å². The second kappa shape index (κ2) is 6.67. The molecule has 1 unspecified atom stereocenters. The molecule has 3 rings (SSSR count). The average molecular weight is 313 g/mol. The van der Waals surface area contributed by atoms with Gasteiger partial charge >= 0.3 is 0 Å². The number of hydrogen-bond acceptors (Lipinski definition) is 2. The SMILES string of the molecule is CCCC1(C)CCc2cc(C3CCCCC3)cc(c2N)C(C)=N1. The number of aryl methyl sites for hydroxylation is 1. The van der Waals surface area contributed by atoms with E-state index in [1.165, 1.54) is 55.2 Å². The number of anilines is 1. The third-order valence-corrected chi connectivity index (χ3v) is 5.91. The number of aliphatic imine (C=N–C) groups is 1. The Bertz CT molecular complexity index is 596. The van der Waals surface area contributed by atoms with E-state index in [9.17, 15) is 0 Å². The molecular weight excluding hydrogens is 280 g/mol. The summed E-state index contributed by atoms with van der Waals surface area (Å²) in [5.74, 6) is 0.733. The number of rotatable bonds is 3. The lowest BCUT2D eigenvalue weighted by Crippen LogP contribution is -2.27. The molecule has 2 N–H and O–H groups in total. The van der Waals surface area contributed by atoms with E-state index in [1.54, 1.807) is 0 Å². The summed E-state index contributed by atoms with van der Waals surface area (Å²) in [4.78, 5) is 5.12. The van der Waals surface area contributed by atoms with Crippen LogP contribution in [0.2, 0.25) is 0 Å². The van der Waals surface area contributed by atoms with Crippen molar-refractivity contribution >= 4 is 11.4 Å². The number of nitrogens with two attached hydrogens (primary N) is 1. The highest BCUT2D eigenvalue weighted by Crippen LogP contribution is 2.38. The maximum absolute atomic E-state index is 6.48. The van der Waals surface area contributed by atoms with Crippen molar-refractivity contribution in [3.63, 3.8) is 0 Å². The van der Waals surface area contributed by atoms with Crippen LogP contribution >= 0.6 is 0 Å². The van der Waals surface area contributed by atoms with E-state index in [4.69, 9.17) is 10.7 Å². The zero-order valence-corrected chi connectivity index (χ0v) is 15.1. The zero-order valence-electron chi connectivity index (χ0n) is 15.1. The molecule has 1 aromatic rings. The Morgan fingerprint density at radius 1 is 1.22 bits per heavy atom. The molecule has 2 bridgehead atoms. The minimum Gasteiger partial charge on any atom is -0.398 e. The lowest BCUT2D eigenvalue weighted by molar-refractivity contribution is 0.399. The highest BCUT2D eigenvalue weighted by molar-refractivity contribution is 6.04. The van der Waals surface area contributed by atoms with E-state index in [1.807, 2.05) is 0 Å². The first-order chi connectivity index (χ1) is 11.0. The Balaban J connectivity index is 2.01. The van der Waals surface area contributed by atoms with Gasteiger partial charge < -0.3 is 5.73 Å². The van der Waals surface area contributed by atoms with Crippen LogP contribution in [0.25, 0.3) is 0 Å². The maximum atomic E-state index is 6.48. The zero-order chi connectivity index (χ0) is 16.4. The van der Waals surface area contributed by atoms with Crippen LogP contribution in [0.15, 0.2) is 17.1 Å². The standard InChI is InChI=1S/C21H32N2/c1-4-11-21(3)12-10-17-13-18(16-8-6-5-7-9-16)14-19(20(17)22)15(2)23-21/h13-14,16H,4-12,22H2,1-3H3. The summed E-state index contributed by atoms with van der Waals surface area (Å²) in [5, 5.41) is 0. The molecule has 1 saturated carbocycles. The van der Waals surface area contributed by atoms with Gasteiger partial charge in [0.2, 0.25) is 0 Å². The molecule has 1 fully saturated rings. The van der Waals surface area contributed by atoms with Crippen molar-refractivity contribution < 1.29 is 0 Å². The van der Waals surface area contributed by atoms with Crippen molar-refractivity contribution in [1.29, 1.82) is 0 Å². The van der Waals surface area contributed by atoms with E-state index in [-0.39, 0.29) is 5.54 Å². The minimum absolute atomic E-state index is 0.0695. The summed E-state index contributed by atoms with van der Waals surface area (Å²) < 4.78 is 0. The number of nitrogen functional groups attached to an aromatic ring is 1. The van der Waals surface area contributed by atoms with Crippen molar-refractivity contribution in [2.24, 2.45) is 4.99 Å². The molecular formula is C21H32N2. The van der Waals surface area contributed by atoms with Gasteiger partial charge in [0.25, 0.3) is 0 Å². The van der Waals surface area contributed by atoms with Gasteiger partial charge in [-0.05, 0) is 69.1 Å². The summed E-state index contributed by atoms with van der Waals surface area (Å²) in [6.45, 7) is 6.72. The van der Waals surface area contributed by atoms with Gasteiger partial charge in [-0.2, -0.15) is 0 Å². The van der Waals surface area contributed by atoms with Crippen LogP contribution in [0, 0.1) is 0 Å². The lowest BCUT2D eigenvalue weighted by Gasteiger charge is -2.30. The van der Waals surface area contributed by atoms with E-state index >= 15 is 0 Å². The van der Waals surface area contributed by atoms with Crippen LogP contribution in [-0.4, -0.2) is 11.3 Å². The Morgan fingerprint density at radius 3 is 2.65 bits per heavy atom. The van der Waals surface area contributed by atoms with Crippen LogP contribution in [0.4, 0.5) is 5.69 Å². The summed E-state index contributed by atoms with van der Waals surface area (Å²) in [6, 6.07) is 4.77. The number of nitrogens with zero attached hydrogens (tertiary/aromatic N) is 1. The van der Waals surface area contributed by atoms with Crippen LogP contribution in [0.3, 0.4) is 0 Å². The summed E-state index contributed by atoms with van der Waals surface area (Å²) in [5.41, 5.74) is 12.7. The van der Waals surface area contributed by atoms with Gasteiger partial charge in [-0.3, -0.25) is 4.99 Å². The average Bonchev–Trinajstić information content (AvgIpc) is 2.54. The van der Waals surface area contributed by atoms with Gasteiger partial charge in [0, 0.05) is 17.0 Å². The van der Waals surface area contributed by atoms with Crippen LogP contribution in [-0.2, 0) is 6.42 Å². The van der Waals surface area contributed by atoms with Gasteiger partial charge in [0.1, 0.15) is 0 Å². The quantitative estimate of drug-likeness (QED) is 0.722. The number of fused-ring (bicyclic) bond motifs is 2. The summed E-state index contributed by atoms with van der Waals surface area (Å²) in [6.07, 6.45) is 11.3. The second-order valence-electron chi connectivity index (χ2n) is 7.92. The molecule has 0 aromatic heterocycles. The van der Waals surface area contributed by atoms with Gasteiger partial charge in [-0.25, -0.2) is 0 Å². The van der Waals surface area contributed by atoms with Crippen molar-refractivity contribution in [3.8, 4) is 0 Å². The van der Waals surface area contributed by atoms with Crippen molar-refractivity contribution in [1.82, 2.24) is 0 Å². The Kier molecular flexibility index (Phi) is 4.79. The normalized spacial score (nSPS) is 25.6. The second-order valence-corrected chi connectivity index (χ2v) is 7.92. The van der Waals surface area contributed by atoms with Crippen molar-refractivity contribution in [3.05, 3.63) is 28.8 Å². The van der Waals surface area contributed by atoms with Gasteiger partial charge in [-0.1, -0.05) is 38.7 Å². The molecule has 2 nitrogen and oxygen atoms in total. The maximum Gasteiger partial charge on any atom is 0.0586 e. The molecule has 0 spiro atoms. The molecule has 23 heavy (non-hydrogen) atoms. The predicted molar refractivity (Wildman–Crippen MR) is 101 cm³/mol. The van der Waals surface area contributed by atoms with Gasteiger partial charge in [-0.15, -0.1) is 0 Å². The molecule has 1 heterocycles. The van der Waals surface area contributed by atoms with Gasteiger partial charge in [0.05, 0.1) is 5.54 Å². The molecule has 126 valence electrons. The fraction of sp³-hybridized carbons (Fsp3) is 0.667. The van der Waals surface area contributed by atoms with Crippen molar-refractivity contribution in [2.45, 2.75) is 90.0 Å². The number of hydrogen-bond donors (Lipinski definition) is 1. The Hall–Kier alpha value is -1.31. The van der Waals surface area contributed by atoms with E-state index in [2.05, 4.69) is 32.9 Å². The topological polar surface area (TPSA) is 38.4 Å². The van der Waals surface area contributed by atoms with Crippen LogP contribution in [0.5, 0.6) is 0 Å². The first-order valence-corrected chi connectivity index (χ1v) is 9.51. The molecule has 0 amide bonds. The molecule has 1 aliphatic heterocycles. The van der Waals surface area contributed by atoms with Gasteiger partial charge in [0.15, 0.2) is 0 Å². The molecule has 1 atom stereocenters. The van der Waals surface area contributed by atoms with Crippen molar-refractivity contribution in [2.75, 3.05) is 5.73 Å². The highest BCUT2D eigenvalue weighted by atomic mass is 14.9. The summed E-state index contributed by atoms with van der Waals surface area (Å²) in [7, 11) is 0. The molecule has 0 radical (unpaired) electrons.